The molecular formula is C22H24N2O4S2. The zero-order valence-electron chi connectivity index (χ0n) is 17.1. The van der Waals surface area contributed by atoms with Gasteiger partial charge in [0, 0.05) is 17.4 Å². The number of amides is 1. The summed E-state index contributed by atoms with van der Waals surface area (Å²) in [6.45, 7) is 4.28. The molecule has 0 bridgehead atoms. The highest BCUT2D eigenvalue weighted by atomic mass is 32.2. The van der Waals surface area contributed by atoms with Gasteiger partial charge in [-0.3, -0.25) is 4.79 Å². The highest BCUT2D eigenvalue weighted by Crippen LogP contribution is 2.26. The van der Waals surface area contributed by atoms with E-state index in [0.717, 1.165) is 11.3 Å². The number of carbonyl (C=O) groups is 1. The fraction of sp³-hybridized carbons (Fsp3) is 0.273. The fourth-order valence-electron chi connectivity index (χ4n) is 2.81. The van der Waals surface area contributed by atoms with Crippen molar-refractivity contribution in [1.82, 2.24) is 4.98 Å². The number of carbonyl (C=O) groups excluding carboxylic acids is 1. The molecule has 0 aliphatic rings. The van der Waals surface area contributed by atoms with E-state index in [1.54, 1.807) is 12.1 Å². The van der Waals surface area contributed by atoms with Crippen molar-refractivity contribution in [3.63, 3.8) is 0 Å². The molecule has 3 rings (SSSR count). The van der Waals surface area contributed by atoms with Gasteiger partial charge in [-0.05, 0) is 35.7 Å². The summed E-state index contributed by atoms with van der Waals surface area (Å²) in [5, 5.41) is 5.01. The van der Waals surface area contributed by atoms with Crippen LogP contribution in [0.5, 0.6) is 5.75 Å². The van der Waals surface area contributed by atoms with Crippen LogP contribution in [0, 0.1) is 0 Å². The molecule has 3 aromatic rings. The zero-order valence-corrected chi connectivity index (χ0v) is 18.7. The predicted octanol–water partition coefficient (Wildman–Crippen LogP) is 4.74. The van der Waals surface area contributed by atoms with Gasteiger partial charge >= 0.3 is 0 Å². The van der Waals surface area contributed by atoms with Crippen LogP contribution in [0.25, 0.3) is 11.3 Å². The number of methoxy groups -OCH3 is 1. The van der Waals surface area contributed by atoms with Crippen molar-refractivity contribution in [3.05, 3.63) is 59.5 Å². The van der Waals surface area contributed by atoms with Gasteiger partial charge in [-0.15, -0.1) is 11.3 Å². The van der Waals surface area contributed by atoms with Crippen molar-refractivity contribution in [2.75, 3.05) is 18.2 Å². The molecule has 0 fully saturated rings. The lowest BCUT2D eigenvalue weighted by molar-refractivity contribution is -0.115. The van der Waals surface area contributed by atoms with Gasteiger partial charge in [-0.1, -0.05) is 38.1 Å². The van der Waals surface area contributed by atoms with Gasteiger partial charge in [0.05, 0.1) is 23.5 Å². The summed E-state index contributed by atoms with van der Waals surface area (Å²) >= 11 is 1.31. The molecule has 0 unspecified atom stereocenters. The van der Waals surface area contributed by atoms with E-state index in [0.29, 0.717) is 16.8 Å². The van der Waals surface area contributed by atoms with Crippen molar-refractivity contribution in [3.8, 4) is 17.0 Å². The first kappa shape index (κ1) is 22.0. The lowest BCUT2D eigenvalue weighted by atomic mass is 10.0. The largest absolute Gasteiger partial charge is 0.497 e. The second-order valence-corrected chi connectivity index (χ2v) is 10.1. The number of sulfone groups is 1. The molecule has 8 heteroatoms. The second-order valence-electron chi connectivity index (χ2n) is 7.11. The molecule has 0 aliphatic heterocycles. The van der Waals surface area contributed by atoms with E-state index in [4.69, 9.17) is 4.74 Å². The van der Waals surface area contributed by atoms with Crippen molar-refractivity contribution >= 4 is 32.2 Å². The maximum atomic E-state index is 12.4. The standard InChI is InChI=1S/C22H24N2O4S2/c1-15(2)16-4-6-17(7-5-16)20-14-29-22(23-20)24-21(25)12-13-30(26,27)19-10-8-18(28-3)9-11-19/h4-11,14-15H,12-13H2,1-3H3,(H,23,24,25). The topological polar surface area (TPSA) is 85.4 Å². The first-order valence-electron chi connectivity index (χ1n) is 9.51. The molecule has 0 radical (unpaired) electrons. The van der Waals surface area contributed by atoms with Crippen molar-refractivity contribution in [2.45, 2.75) is 31.1 Å². The van der Waals surface area contributed by atoms with Gasteiger partial charge < -0.3 is 10.1 Å². The third-order valence-electron chi connectivity index (χ3n) is 4.64. The maximum absolute atomic E-state index is 12.4. The molecule has 1 heterocycles. The van der Waals surface area contributed by atoms with Crippen molar-refractivity contribution in [1.29, 1.82) is 0 Å². The molecule has 0 saturated carbocycles. The van der Waals surface area contributed by atoms with Gasteiger partial charge in [0.15, 0.2) is 15.0 Å². The van der Waals surface area contributed by atoms with Crippen LogP contribution in [-0.4, -0.2) is 32.2 Å². The number of ether oxygens (including phenoxy) is 1. The van der Waals surface area contributed by atoms with Crippen molar-refractivity contribution in [2.24, 2.45) is 0 Å². The van der Waals surface area contributed by atoms with Gasteiger partial charge in [0.2, 0.25) is 5.91 Å². The normalized spacial score (nSPS) is 11.5. The summed E-state index contributed by atoms with van der Waals surface area (Å²) in [7, 11) is -2.04. The number of nitrogens with zero attached hydrogens (tertiary/aromatic N) is 1. The average Bonchev–Trinajstić information content (AvgIpc) is 3.21. The highest BCUT2D eigenvalue weighted by molar-refractivity contribution is 7.91. The lowest BCUT2D eigenvalue weighted by Gasteiger charge is -2.06. The average molecular weight is 445 g/mol. The van der Waals surface area contributed by atoms with E-state index in [1.165, 1.54) is 36.1 Å². The SMILES string of the molecule is COc1ccc(S(=O)(=O)CCC(=O)Nc2nc(-c3ccc(C(C)C)cc3)cs2)cc1. The Morgan fingerprint density at radius 2 is 1.77 bits per heavy atom. The minimum absolute atomic E-state index is 0.146. The monoisotopic (exact) mass is 444 g/mol. The molecule has 0 saturated heterocycles. The highest BCUT2D eigenvalue weighted by Gasteiger charge is 2.17. The molecule has 6 nitrogen and oxygen atoms in total. The molecule has 0 spiro atoms. The third kappa shape index (κ3) is 5.46. The number of thiazole rings is 1. The number of hydrogen-bond acceptors (Lipinski definition) is 6. The maximum Gasteiger partial charge on any atom is 0.227 e. The van der Waals surface area contributed by atoms with E-state index in [2.05, 4.69) is 36.3 Å². The minimum Gasteiger partial charge on any atom is -0.497 e. The number of benzene rings is 2. The van der Waals surface area contributed by atoms with Gasteiger partial charge in [0.25, 0.3) is 0 Å². The van der Waals surface area contributed by atoms with E-state index in [1.807, 2.05) is 17.5 Å². The predicted molar refractivity (Wildman–Crippen MR) is 120 cm³/mol. The molecule has 1 N–H and O–H groups in total. The Labute approximate surface area is 180 Å². The molecule has 2 aromatic carbocycles. The third-order valence-corrected chi connectivity index (χ3v) is 7.13. The van der Waals surface area contributed by atoms with Crippen LogP contribution in [0.3, 0.4) is 0 Å². The molecule has 158 valence electrons. The van der Waals surface area contributed by atoms with Crippen molar-refractivity contribution < 1.29 is 17.9 Å². The number of nitrogens with one attached hydrogen (secondary N) is 1. The first-order chi connectivity index (χ1) is 14.3. The number of rotatable bonds is 8. The first-order valence-corrected chi connectivity index (χ1v) is 12.0. The summed E-state index contributed by atoms with van der Waals surface area (Å²) in [5.41, 5.74) is 3.00. The molecular weight excluding hydrogens is 420 g/mol. The Morgan fingerprint density at radius 3 is 2.37 bits per heavy atom. The van der Waals surface area contributed by atoms with Gasteiger partial charge in [-0.2, -0.15) is 0 Å². The second kappa shape index (κ2) is 9.40. The molecule has 0 atom stereocenters. The van der Waals surface area contributed by atoms with Gasteiger partial charge in [-0.25, -0.2) is 13.4 Å². The molecule has 30 heavy (non-hydrogen) atoms. The van der Waals surface area contributed by atoms with Crippen LogP contribution >= 0.6 is 11.3 Å². The molecule has 0 aliphatic carbocycles. The van der Waals surface area contributed by atoms with Crippen LogP contribution in [-0.2, 0) is 14.6 Å². The Kier molecular flexibility index (Phi) is 6.89. The summed E-state index contributed by atoms with van der Waals surface area (Å²) in [4.78, 5) is 16.8. The number of anilines is 1. The summed E-state index contributed by atoms with van der Waals surface area (Å²) in [6, 6.07) is 14.3. The van der Waals surface area contributed by atoms with E-state index < -0.39 is 9.84 Å². The Hall–Kier alpha value is -2.71. The number of hydrogen-bond donors (Lipinski definition) is 1. The Balaban J connectivity index is 1.58. The summed E-state index contributed by atoms with van der Waals surface area (Å²) in [6.07, 6.45) is -0.146. The van der Waals surface area contributed by atoms with Crippen LogP contribution in [0.15, 0.2) is 58.8 Å². The summed E-state index contributed by atoms with van der Waals surface area (Å²) < 4.78 is 29.9. The smallest absolute Gasteiger partial charge is 0.227 e. The molecule has 1 amide bonds. The lowest BCUT2D eigenvalue weighted by Crippen LogP contribution is -2.17. The Bertz CT molecular complexity index is 1100. The van der Waals surface area contributed by atoms with Crippen LogP contribution < -0.4 is 10.1 Å². The van der Waals surface area contributed by atoms with E-state index in [-0.39, 0.29) is 23.0 Å². The van der Waals surface area contributed by atoms with E-state index in [9.17, 15) is 13.2 Å². The van der Waals surface area contributed by atoms with Crippen LogP contribution in [0.1, 0.15) is 31.7 Å². The fourth-order valence-corrected chi connectivity index (χ4v) is 4.79. The van der Waals surface area contributed by atoms with Crippen LogP contribution in [0.2, 0.25) is 0 Å². The van der Waals surface area contributed by atoms with E-state index >= 15 is 0 Å². The van der Waals surface area contributed by atoms with Crippen LogP contribution in [0.4, 0.5) is 5.13 Å². The quantitative estimate of drug-likeness (QED) is 0.542. The Morgan fingerprint density at radius 1 is 1.10 bits per heavy atom. The zero-order chi connectivity index (χ0) is 21.7. The van der Waals surface area contributed by atoms with Gasteiger partial charge in [0.1, 0.15) is 5.75 Å². The number of aromatic nitrogens is 1. The minimum atomic E-state index is -3.55. The summed E-state index contributed by atoms with van der Waals surface area (Å²) in [5.74, 6) is 0.367. The molecule has 1 aromatic heterocycles.